The van der Waals surface area contributed by atoms with Crippen molar-refractivity contribution in [2.24, 2.45) is 0 Å². The van der Waals surface area contributed by atoms with Crippen LogP contribution < -0.4 is 5.32 Å². The van der Waals surface area contributed by atoms with E-state index in [-0.39, 0.29) is 19.1 Å². The molecule has 0 aromatic heterocycles. The average molecular weight is 818 g/mol. The van der Waals surface area contributed by atoms with Crippen molar-refractivity contribution in [2.75, 3.05) is 40.9 Å². The second kappa shape index (κ2) is 39.2. The predicted octanol–water partition coefficient (Wildman–Crippen LogP) is 12.6. The summed E-state index contributed by atoms with van der Waals surface area (Å²) in [6.07, 6.45) is 53.6. The van der Waals surface area contributed by atoms with Crippen molar-refractivity contribution in [3.8, 4) is 0 Å². The van der Waals surface area contributed by atoms with E-state index in [1.807, 2.05) is 21.1 Å². The van der Waals surface area contributed by atoms with E-state index in [0.29, 0.717) is 23.9 Å². The lowest BCUT2D eigenvalue weighted by atomic mass is 10.0. The fraction of sp³-hybridized carbons (Fsp3) is 0.688. The number of likely N-dealkylation sites (N-methyl/N-ethyl adjacent to an activating group) is 1. The van der Waals surface area contributed by atoms with Gasteiger partial charge in [0.25, 0.3) is 0 Å². The van der Waals surface area contributed by atoms with Crippen molar-refractivity contribution >= 4 is 13.7 Å². The first-order chi connectivity index (χ1) is 27.5. The van der Waals surface area contributed by atoms with Crippen LogP contribution in [0.5, 0.6) is 0 Å². The summed E-state index contributed by atoms with van der Waals surface area (Å²) in [4.78, 5) is 23.0. The molecule has 8 nitrogen and oxygen atoms in total. The second-order valence-corrected chi connectivity index (χ2v) is 17.5. The third kappa shape index (κ3) is 41.6. The normalized spacial score (nSPS) is 15.1. The number of amides is 1. The van der Waals surface area contributed by atoms with Gasteiger partial charge in [-0.05, 0) is 70.6 Å². The number of nitrogens with one attached hydrogen (secondary N) is 1. The highest BCUT2D eigenvalue weighted by Crippen LogP contribution is 2.43. The Labute approximate surface area is 350 Å². The van der Waals surface area contributed by atoms with Crippen LogP contribution in [0.3, 0.4) is 0 Å². The number of rotatable bonds is 39. The van der Waals surface area contributed by atoms with E-state index in [1.54, 1.807) is 0 Å². The monoisotopic (exact) mass is 818 g/mol. The van der Waals surface area contributed by atoms with Crippen LogP contribution in [-0.2, 0) is 18.4 Å². The van der Waals surface area contributed by atoms with Gasteiger partial charge in [0, 0.05) is 6.42 Å². The summed E-state index contributed by atoms with van der Waals surface area (Å²) < 4.78 is 23.4. The molecule has 0 aliphatic rings. The highest BCUT2D eigenvalue weighted by atomic mass is 31.2. The van der Waals surface area contributed by atoms with Gasteiger partial charge in [0.2, 0.25) is 5.91 Å². The largest absolute Gasteiger partial charge is 0.472 e. The first kappa shape index (κ1) is 54.7. The maximum Gasteiger partial charge on any atom is 0.472 e. The van der Waals surface area contributed by atoms with Crippen molar-refractivity contribution in [1.29, 1.82) is 0 Å². The Morgan fingerprint density at radius 1 is 0.614 bits per heavy atom. The predicted molar refractivity (Wildman–Crippen MR) is 244 cm³/mol. The van der Waals surface area contributed by atoms with E-state index in [0.717, 1.165) is 96.3 Å². The molecule has 1 amide bonds. The van der Waals surface area contributed by atoms with E-state index in [9.17, 15) is 19.4 Å². The second-order valence-electron chi connectivity index (χ2n) is 16.0. The molecule has 57 heavy (non-hydrogen) atoms. The summed E-state index contributed by atoms with van der Waals surface area (Å²) in [6.45, 7) is 4.67. The summed E-state index contributed by atoms with van der Waals surface area (Å²) in [5.74, 6) is -0.167. The number of hydrogen-bond acceptors (Lipinski definition) is 5. The third-order valence-corrected chi connectivity index (χ3v) is 10.4. The number of carbonyl (C=O) groups excluding carboxylic acids is 1. The molecule has 3 unspecified atom stereocenters. The first-order valence-corrected chi connectivity index (χ1v) is 23.9. The number of carbonyl (C=O) groups is 1. The maximum absolute atomic E-state index is 12.8. The van der Waals surface area contributed by atoms with E-state index in [4.69, 9.17) is 9.05 Å². The molecule has 0 aliphatic carbocycles. The van der Waals surface area contributed by atoms with Crippen LogP contribution in [0, 0.1) is 0 Å². The number of hydrogen-bond donors (Lipinski definition) is 3. The zero-order chi connectivity index (χ0) is 42.1. The minimum atomic E-state index is -4.31. The van der Waals surface area contributed by atoms with Crippen LogP contribution in [0.15, 0.2) is 85.1 Å². The Morgan fingerprint density at radius 2 is 1.05 bits per heavy atom. The van der Waals surface area contributed by atoms with Crippen molar-refractivity contribution in [1.82, 2.24) is 5.32 Å². The van der Waals surface area contributed by atoms with Gasteiger partial charge < -0.3 is 19.8 Å². The van der Waals surface area contributed by atoms with Gasteiger partial charge in [-0.2, -0.15) is 0 Å². The number of phosphoric acid groups is 1. The molecule has 0 heterocycles. The zero-order valence-corrected chi connectivity index (χ0v) is 37.9. The summed E-state index contributed by atoms with van der Waals surface area (Å²) in [6, 6.07) is -0.768. The first-order valence-electron chi connectivity index (χ1n) is 22.5. The van der Waals surface area contributed by atoms with Gasteiger partial charge in [-0.3, -0.25) is 13.8 Å². The summed E-state index contributed by atoms with van der Waals surface area (Å²) in [5, 5.41) is 13.8. The average Bonchev–Trinajstić information content (AvgIpc) is 3.16. The maximum atomic E-state index is 12.8. The molecule has 0 fully saturated rings. The van der Waals surface area contributed by atoms with Gasteiger partial charge in [0.15, 0.2) is 0 Å². The van der Waals surface area contributed by atoms with E-state index < -0.39 is 20.0 Å². The number of quaternary nitrogens is 1. The summed E-state index contributed by atoms with van der Waals surface area (Å²) in [5.41, 5.74) is 0. The fourth-order valence-corrected chi connectivity index (χ4v) is 6.58. The zero-order valence-electron chi connectivity index (χ0n) is 37.0. The van der Waals surface area contributed by atoms with E-state index in [2.05, 4.69) is 104 Å². The van der Waals surface area contributed by atoms with Crippen LogP contribution in [0.4, 0.5) is 0 Å². The van der Waals surface area contributed by atoms with Gasteiger partial charge >= 0.3 is 7.82 Å². The van der Waals surface area contributed by atoms with Crippen LogP contribution in [-0.4, -0.2) is 73.4 Å². The molecule has 0 aromatic rings. The quantitative estimate of drug-likeness (QED) is 0.0247. The third-order valence-electron chi connectivity index (χ3n) is 9.41. The van der Waals surface area contributed by atoms with E-state index in [1.165, 1.54) is 38.5 Å². The highest BCUT2D eigenvalue weighted by Gasteiger charge is 2.28. The van der Waals surface area contributed by atoms with Gasteiger partial charge in [-0.1, -0.05) is 170 Å². The van der Waals surface area contributed by atoms with E-state index >= 15 is 0 Å². The molecule has 0 saturated carbocycles. The molecule has 0 radical (unpaired) electrons. The number of allylic oxidation sites excluding steroid dienone is 14. The lowest BCUT2D eigenvalue weighted by Gasteiger charge is -2.26. The number of unbranched alkanes of at least 4 members (excludes halogenated alkanes) is 12. The number of phosphoric ester groups is 1. The molecule has 0 spiro atoms. The summed E-state index contributed by atoms with van der Waals surface area (Å²) >= 11 is 0. The molecule has 0 rings (SSSR count). The van der Waals surface area contributed by atoms with Crippen molar-refractivity contribution in [2.45, 2.75) is 174 Å². The topological polar surface area (TPSA) is 105 Å². The van der Waals surface area contributed by atoms with Crippen LogP contribution in [0.1, 0.15) is 162 Å². The van der Waals surface area contributed by atoms with Crippen molar-refractivity contribution in [3.05, 3.63) is 85.1 Å². The SMILES string of the molecule is CC/C=C\C/C=C\C/C=C\C/C=C\C/C=C\C/C=C\C/C=C\CCCCCCCCCC(=O)NC(COP(=O)(O)OCC[N+](C)(C)C)C(O)CCCCCCCC. The lowest BCUT2D eigenvalue weighted by molar-refractivity contribution is -0.870. The molecule has 0 bridgehead atoms. The Hall–Kier alpha value is -2.32. The molecule has 328 valence electrons. The fourth-order valence-electron chi connectivity index (χ4n) is 5.85. The molecule has 3 atom stereocenters. The molecular weight excluding hydrogens is 732 g/mol. The standard InChI is InChI=1S/C48H85N2O6P/c1-6-8-10-12-14-15-16-17-18-19-20-21-22-23-24-25-26-27-28-29-30-31-32-33-34-35-36-38-40-42-48(52)49-46(47(51)41-39-37-13-11-9-7-2)45-56-57(53,54)55-44-43-50(3,4)5/h8,10,14-15,17-18,20-21,23-24,26-27,29-30,46-47,51H,6-7,9,11-13,16,19,22,25,28,31-45H2,1-5H3,(H-,49,52,53,54)/p+1/b10-8-,15-14-,18-17-,21-20-,24-23-,27-26-,30-29-. The van der Waals surface area contributed by atoms with Crippen LogP contribution in [0.25, 0.3) is 0 Å². The Kier molecular flexibility index (Phi) is 37.6. The molecule has 0 saturated heterocycles. The van der Waals surface area contributed by atoms with Gasteiger partial charge in [-0.15, -0.1) is 0 Å². The van der Waals surface area contributed by atoms with Gasteiger partial charge in [-0.25, -0.2) is 4.57 Å². The molecule has 0 aliphatic heterocycles. The number of nitrogens with zero attached hydrogens (tertiary/aromatic N) is 1. The van der Waals surface area contributed by atoms with Crippen LogP contribution in [0.2, 0.25) is 0 Å². The Balaban J connectivity index is 4.11. The van der Waals surface area contributed by atoms with Crippen molar-refractivity contribution < 1.29 is 32.9 Å². The minimum Gasteiger partial charge on any atom is -0.391 e. The minimum absolute atomic E-state index is 0.0669. The van der Waals surface area contributed by atoms with Crippen LogP contribution >= 0.6 is 7.82 Å². The number of aliphatic hydroxyl groups excluding tert-OH is 1. The Bertz CT molecular complexity index is 1200. The molecule has 3 N–H and O–H groups in total. The molecular formula is C48H86N2O6P+. The Morgan fingerprint density at radius 3 is 1.54 bits per heavy atom. The summed E-state index contributed by atoms with van der Waals surface area (Å²) in [7, 11) is 1.59. The smallest absolute Gasteiger partial charge is 0.391 e. The van der Waals surface area contributed by atoms with Crippen molar-refractivity contribution in [3.63, 3.8) is 0 Å². The van der Waals surface area contributed by atoms with Gasteiger partial charge in [0.05, 0.1) is 39.9 Å². The highest BCUT2D eigenvalue weighted by molar-refractivity contribution is 7.47. The molecule has 0 aromatic carbocycles. The number of aliphatic hydroxyl groups is 1. The molecule has 9 heteroatoms. The van der Waals surface area contributed by atoms with Gasteiger partial charge in [0.1, 0.15) is 13.2 Å². The lowest BCUT2D eigenvalue weighted by Crippen LogP contribution is -2.46.